The molecule has 5 heteroatoms. The summed E-state index contributed by atoms with van der Waals surface area (Å²) in [7, 11) is -3.59. The third kappa shape index (κ3) is 4.33. The predicted octanol–water partition coefficient (Wildman–Crippen LogP) is 3.69. The molecule has 0 unspecified atom stereocenters. The fraction of sp³-hybridized carbons (Fsp3) is 0.188. The average Bonchev–Trinajstić information content (AvgIpc) is 2.52. The highest BCUT2D eigenvalue weighted by atomic mass is 32.2. The molecule has 0 bridgehead atoms. The number of rotatable bonds is 3. The first-order valence-electron chi connectivity index (χ1n) is 6.61. The summed E-state index contributed by atoms with van der Waals surface area (Å²) < 4.78 is 26.8. The lowest BCUT2D eigenvalue weighted by Crippen LogP contribution is -2.13. The van der Waals surface area contributed by atoms with Crippen LogP contribution in [0.25, 0.3) is 0 Å². The normalized spacial score (nSPS) is 10.0. The van der Waals surface area contributed by atoms with Gasteiger partial charge < -0.3 is 0 Å². The largest absolute Gasteiger partial charge is 0.279 e. The number of anilines is 1. The predicted molar refractivity (Wildman–Crippen MR) is 84.5 cm³/mol. The second-order valence-electron chi connectivity index (χ2n) is 4.06. The van der Waals surface area contributed by atoms with Crippen molar-refractivity contribution >= 4 is 15.7 Å². The summed E-state index contributed by atoms with van der Waals surface area (Å²) in [5.74, 6) is 0. The Morgan fingerprint density at radius 1 is 1.05 bits per heavy atom. The highest BCUT2D eigenvalue weighted by Crippen LogP contribution is 2.20. The van der Waals surface area contributed by atoms with Gasteiger partial charge in [-0.3, -0.25) is 4.72 Å². The lowest BCUT2D eigenvalue weighted by atomic mass is 10.1. The fourth-order valence-corrected chi connectivity index (χ4v) is 2.80. The Morgan fingerprint density at radius 3 is 2.19 bits per heavy atom. The van der Waals surface area contributed by atoms with Crippen LogP contribution in [0.1, 0.15) is 25.0 Å². The minimum absolute atomic E-state index is 0.207. The van der Waals surface area contributed by atoms with Crippen molar-refractivity contribution in [1.29, 1.82) is 5.26 Å². The zero-order valence-electron chi connectivity index (χ0n) is 12.3. The van der Waals surface area contributed by atoms with Gasteiger partial charge in [-0.15, -0.1) is 0 Å². The van der Waals surface area contributed by atoms with Crippen molar-refractivity contribution in [1.82, 2.24) is 0 Å². The maximum atomic E-state index is 12.1. The van der Waals surface area contributed by atoms with Crippen molar-refractivity contribution in [3.63, 3.8) is 0 Å². The molecular formula is C16H18N2O2S. The van der Waals surface area contributed by atoms with Crippen LogP contribution in [0.4, 0.5) is 5.69 Å². The van der Waals surface area contributed by atoms with Crippen LogP contribution in [-0.4, -0.2) is 8.42 Å². The molecule has 0 amide bonds. The summed E-state index contributed by atoms with van der Waals surface area (Å²) in [5, 5.41) is 8.77. The van der Waals surface area contributed by atoms with Gasteiger partial charge in [-0.2, -0.15) is 5.26 Å². The van der Waals surface area contributed by atoms with Crippen LogP contribution in [0.5, 0.6) is 0 Å². The number of nitriles is 1. The maximum Gasteiger partial charge on any atom is 0.261 e. The maximum absolute atomic E-state index is 12.1. The van der Waals surface area contributed by atoms with Gasteiger partial charge in [0, 0.05) is 0 Å². The zero-order valence-corrected chi connectivity index (χ0v) is 13.1. The molecule has 0 heterocycles. The molecule has 1 N–H and O–H groups in total. The van der Waals surface area contributed by atoms with Crippen LogP contribution in [0.3, 0.4) is 0 Å². The summed E-state index contributed by atoms with van der Waals surface area (Å²) in [6.07, 6.45) is 0. The molecule has 0 saturated carbocycles. The Labute approximate surface area is 126 Å². The minimum atomic E-state index is -3.59. The van der Waals surface area contributed by atoms with Crippen LogP contribution in [0.2, 0.25) is 0 Å². The third-order valence-corrected chi connectivity index (χ3v) is 4.03. The molecule has 2 aromatic carbocycles. The minimum Gasteiger partial charge on any atom is -0.279 e. The van der Waals surface area contributed by atoms with E-state index in [1.54, 1.807) is 43.3 Å². The van der Waals surface area contributed by atoms with Crippen LogP contribution >= 0.6 is 0 Å². The average molecular weight is 302 g/mol. The Bertz CT molecular complexity index is 733. The Kier molecular flexibility index (Phi) is 5.94. The van der Waals surface area contributed by atoms with E-state index in [4.69, 9.17) is 5.26 Å². The molecular weight excluding hydrogens is 284 g/mol. The van der Waals surface area contributed by atoms with Gasteiger partial charge in [0.1, 0.15) is 0 Å². The van der Waals surface area contributed by atoms with Crippen molar-refractivity contribution in [3.05, 3.63) is 59.7 Å². The molecule has 0 radical (unpaired) electrons. The topological polar surface area (TPSA) is 70.0 Å². The zero-order chi connectivity index (χ0) is 15.9. The molecule has 0 aliphatic rings. The monoisotopic (exact) mass is 302 g/mol. The number of sulfonamides is 1. The summed E-state index contributed by atoms with van der Waals surface area (Å²) in [5.41, 5.74) is 1.68. The highest BCUT2D eigenvalue weighted by molar-refractivity contribution is 7.92. The second-order valence-corrected chi connectivity index (χ2v) is 5.74. The van der Waals surface area contributed by atoms with Gasteiger partial charge >= 0.3 is 0 Å². The molecule has 21 heavy (non-hydrogen) atoms. The lowest BCUT2D eigenvalue weighted by Gasteiger charge is -2.10. The van der Waals surface area contributed by atoms with Crippen LogP contribution in [0, 0.1) is 18.3 Å². The number of hydrogen-bond donors (Lipinski definition) is 1. The van der Waals surface area contributed by atoms with Gasteiger partial charge in [0.2, 0.25) is 0 Å². The lowest BCUT2D eigenvalue weighted by molar-refractivity contribution is 0.601. The van der Waals surface area contributed by atoms with E-state index in [2.05, 4.69) is 4.72 Å². The van der Waals surface area contributed by atoms with Gasteiger partial charge in [0.15, 0.2) is 0 Å². The number of nitrogens with zero attached hydrogens (tertiary/aromatic N) is 1. The molecule has 0 saturated heterocycles. The van der Waals surface area contributed by atoms with Gasteiger partial charge in [-0.25, -0.2) is 8.42 Å². The molecule has 110 valence electrons. The Morgan fingerprint density at radius 2 is 1.67 bits per heavy atom. The van der Waals surface area contributed by atoms with Crippen molar-refractivity contribution in [2.45, 2.75) is 25.7 Å². The van der Waals surface area contributed by atoms with E-state index in [1.165, 1.54) is 12.1 Å². The molecule has 0 aliphatic heterocycles. The molecule has 0 atom stereocenters. The van der Waals surface area contributed by atoms with E-state index in [1.807, 2.05) is 19.9 Å². The quantitative estimate of drug-likeness (QED) is 0.940. The van der Waals surface area contributed by atoms with Gasteiger partial charge in [-0.05, 0) is 42.8 Å². The molecule has 0 fully saturated rings. The summed E-state index contributed by atoms with van der Waals surface area (Å²) in [6.45, 7) is 5.75. The SMILES string of the molecule is CC.Cc1cc(C#N)ccc1NS(=O)(=O)c1ccccc1. The number of benzene rings is 2. The van der Waals surface area contributed by atoms with E-state index < -0.39 is 10.0 Å². The smallest absolute Gasteiger partial charge is 0.261 e. The molecule has 4 nitrogen and oxygen atoms in total. The molecule has 0 aromatic heterocycles. The van der Waals surface area contributed by atoms with E-state index in [0.717, 1.165) is 0 Å². The molecule has 2 aromatic rings. The van der Waals surface area contributed by atoms with Crippen LogP contribution < -0.4 is 4.72 Å². The van der Waals surface area contributed by atoms with E-state index in [-0.39, 0.29) is 4.90 Å². The Hall–Kier alpha value is -2.32. The number of nitrogens with one attached hydrogen (secondary N) is 1. The standard InChI is InChI=1S/C14H12N2O2S.C2H6/c1-11-9-12(10-15)7-8-14(11)16-19(17,18)13-5-3-2-4-6-13;1-2/h2-9,16H,1H3;1-2H3. The van der Waals surface area contributed by atoms with E-state index >= 15 is 0 Å². The van der Waals surface area contributed by atoms with Crippen LogP contribution in [0.15, 0.2) is 53.4 Å². The summed E-state index contributed by atoms with van der Waals surface area (Å²) in [4.78, 5) is 0.207. The number of hydrogen-bond acceptors (Lipinski definition) is 3. The van der Waals surface area contributed by atoms with Gasteiger partial charge in [0.05, 0.1) is 22.2 Å². The van der Waals surface area contributed by atoms with Crippen molar-refractivity contribution in [2.24, 2.45) is 0 Å². The number of aryl methyl sites for hydroxylation is 1. The summed E-state index contributed by atoms with van der Waals surface area (Å²) >= 11 is 0. The van der Waals surface area contributed by atoms with Gasteiger partial charge in [-0.1, -0.05) is 32.0 Å². The molecule has 0 aliphatic carbocycles. The van der Waals surface area contributed by atoms with Crippen LogP contribution in [-0.2, 0) is 10.0 Å². The third-order valence-electron chi connectivity index (χ3n) is 2.65. The molecule has 0 spiro atoms. The first-order valence-corrected chi connectivity index (χ1v) is 8.10. The van der Waals surface area contributed by atoms with Gasteiger partial charge in [0.25, 0.3) is 10.0 Å². The van der Waals surface area contributed by atoms with Crippen molar-refractivity contribution < 1.29 is 8.42 Å². The first-order chi connectivity index (χ1) is 10.0. The second kappa shape index (κ2) is 7.46. The first kappa shape index (κ1) is 16.7. The van der Waals surface area contributed by atoms with E-state index in [9.17, 15) is 8.42 Å². The Balaban J connectivity index is 0.00000106. The highest BCUT2D eigenvalue weighted by Gasteiger charge is 2.14. The van der Waals surface area contributed by atoms with E-state index in [0.29, 0.717) is 16.8 Å². The fourth-order valence-electron chi connectivity index (χ4n) is 1.65. The summed E-state index contributed by atoms with van der Waals surface area (Å²) in [6, 6.07) is 15.0. The van der Waals surface area contributed by atoms with Crippen molar-refractivity contribution in [3.8, 4) is 6.07 Å². The molecule has 2 rings (SSSR count). The van der Waals surface area contributed by atoms with Crippen molar-refractivity contribution in [2.75, 3.05) is 4.72 Å².